The Hall–Kier alpha value is -2.30. The van der Waals surface area contributed by atoms with Crippen molar-refractivity contribution in [1.29, 1.82) is 0 Å². The maximum atomic E-state index is 14.0. The molecule has 2 N–H and O–H groups in total. The average molecular weight is 739 g/mol. The first kappa shape index (κ1) is 37.0. The predicted octanol–water partition coefficient (Wildman–Crippen LogP) is 6.17. The topological polar surface area (TPSA) is 85.3 Å². The lowest BCUT2D eigenvalue weighted by Crippen LogP contribution is -2.59. The van der Waals surface area contributed by atoms with Gasteiger partial charge in [-0.3, -0.25) is 14.4 Å². The molecule has 280 valence electrons. The van der Waals surface area contributed by atoms with E-state index in [1.165, 1.54) is 17.5 Å². The van der Waals surface area contributed by atoms with Crippen molar-refractivity contribution in [2.24, 2.45) is 17.8 Å². The molecular weight excluding hydrogens is 680 g/mol. The monoisotopic (exact) mass is 738 g/mol. The van der Waals surface area contributed by atoms with Gasteiger partial charge in [0.05, 0.1) is 27.6 Å². The Kier molecular flexibility index (Phi) is 10.8. The quantitative estimate of drug-likeness (QED) is 0.364. The summed E-state index contributed by atoms with van der Waals surface area (Å²) < 4.78 is 23.5. The number of nitrogens with one attached hydrogen (secondary N) is 1. The van der Waals surface area contributed by atoms with Gasteiger partial charge >= 0.3 is 0 Å². The van der Waals surface area contributed by atoms with Gasteiger partial charge in [-0.2, -0.15) is 0 Å². The van der Waals surface area contributed by atoms with Gasteiger partial charge in [0.25, 0.3) is 5.91 Å². The molecule has 1 unspecified atom stereocenters. The van der Waals surface area contributed by atoms with Crippen LogP contribution in [0.25, 0.3) is 0 Å². The van der Waals surface area contributed by atoms with Crippen LogP contribution in [0.2, 0.25) is 5.02 Å². The summed E-state index contributed by atoms with van der Waals surface area (Å²) in [5.41, 5.74) is 2.91. The Morgan fingerprint density at radius 2 is 1.82 bits per heavy atom. The lowest BCUT2D eigenvalue weighted by Gasteiger charge is -2.52. The van der Waals surface area contributed by atoms with Gasteiger partial charge in [0.2, 0.25) is 0 Å². The Bertz CT molecular complexity index is 1700. The summed E-state index contributed by atoms with van der Waals surface area (Å²) in [6.45, 7) is 14.3. The van der Waals surface area contributed by atoms with Gasteiger partial charge in [-0.05, 0) is 130 Å². The lowest BCUT2D eigenvalue weighted by atomic mass is 9.62. The highest BCUT2D eigenvalue weighted by molar-refractivity contribution is 7.99. The number of piperazine rings is 1. The van der Waals surface area contributed by atoms with E-state index in [0.717, 1.165) is 107 Å². The highest BCUT2D eigenvalue weighted by Gasteiger charge is 2.49. The number of hydrogen-bond acceptors (Lipinski definition) is 7. The van der Waals surface area contributed by atoms with Crippen molar-refractivity contribution in [2.75, 3.05) is 63.9 Å². The van der Waals surface area contributed by atoms with Crippen LogP contribution in [-0.4, -0.2) is 101 Å². The number of anilines is 1. The molecule has 2 aromatic rings. The van der Waals surface area contributed by atoms with E-state index in [9.17, 15) is 14.1 Å². The van der Waals surface area contributed by atoms with Crippen LogP contribution in [0.15, 0.2) is 36.4 Å². The second-order valence-electron chi connectivity index (χ2n) is 16.7. The summed E-state index contributed by atoms with van der Waals surface area (Å²) in [5.74, 6) is 5.02. The van der Waals surface area contributed by atoms with Crippen molar-refractivity contribution in [2.45, 2.75) is 94.8 Å². The molecule has 2 bridgehead atoms. The van der Waals surface area contributed by atoms with Crippen molar-refractivity contribution < 1.29 is 18.8 Å². The van der Waals surface area contributed by atoms with E-state index in [-0.39, 0.29) is 28.4 Å². The molecule has 10 heteroatoms. The predicted molar refractivity (Wildman–Crippen MR) is 210 cm³/mol. The second kappa shape index (κ2) is 14.8. The SMILES string of the molecule is C=S1(=O)NC(=O)c2ccc3c(c2)N(C[C@@H]2CC[C@H]2[C@](O)(CN2CCN(CCC)CC2)CCC[C@H](C)[C@H]1C)C[C@@]1(CCCc2cc(Cl)ccc21)CO3. The maximum absolute atomic E-state index is 14.0. The Morgan fingerprint density at radius 1 is 1.04 bits per heavy atom. The van der Waals surface area contributed by atoms with Gasteiger partial charge < -0.3 is 19.6 Å². The number of nitrogens with zero attached hydrogens (tertiary/aromatic N) is 3. The molecule has 0 aromatic heterocycles. The number of carbonyl (C=O) groups is 1. The van der Waals surface area contributed by atoms with Gasteiger partial charge in [0.1, 0.15) is 5.75 Å². The zero-order valence-electron chi connectivity index (χ0n) is 31.0. The van der Waals surface area contributed by atoms with Crippen LogP contribution in [0.3, 0.4) is 0 Å². The molecule has 51 heavy (non-hydrogen) atoms. The fraction of sp³-hybridized carbons (Fsp3) is 0.659. The minimum atomic E-state index is -2.94. The van der Waals surface area contributed by atoms with E-state index >= 15 is 0 Å². The van der Waals surface area contributed by atoms with Gasteiger partial charge in [-0.15, -0.1) is 0 Å². The number of halogens is 1. The molecule has 2 fully saturated rings. The Balaban J connectivity index is 1.25. The normalized spacial score (nSPS) is 35.2. The highest BCUT2D eigenvalue weighted by atomic mass is 35.5. The standard InChI is InChI=1S/C41H59ClN4O4S/c1-5-18-44-19-21-45(22-20-44)27-41(48)17-6-8-29(2)30(3)51(4,49)43-39(47)32-11-15-38-37(24-32)46(25-33-10-13-36(33)41)26-40(28-50-38)16-7-9-31-23-34(42)12-14-35(31)40/h11-12,14-15,23-24,29-30,33,36,48H,4-10,13,16-22,25-28H2,1-3H3,(H,43,47,49)/t29-,30+,33-,36+,40-,41+,51?/m0/s1. The van der Waals surface area contributed by atoms with Crippen molar-refractivity contribution in [3.8, 4) is 5.75 Å². The molecule has 7 rings (SSSR count). The third-order valence-corrected chi connectivity index (χ3v) is 15.7. The number of β-amino-alcohol motifs (C(OH)–C–C–N with tert-alkyl or cyclic N) is 1. The first-order valence-corrected chi connectivity index (χ1v) is 21.7. The third kappa shape index (κ3) is 7.57. The number of ether oxygens (including phenoxy) is 1. The molecule has 1 spiro atoms. The zero-order valence-corrected chi connectivity index (χ0v) is 32.6. The largest absolute Gasteiger partial charge is 0.490 e. The molecule has 3 aliphatic heterocycles. The van der Waals surface area contributed by atoms with Gasteiger partial charge in [-0.1, -0.05) is 37.9 Å². The summed E-state index contributed by atoms with van der Waals surface area (Å²) in [4.78, 5) is 21.3. The number of fused-ring (bicyclic) bond motifs is 4. The van der Waals surface area contributed by atoms with Crippen molar-refractivity contribution >= 4 is 38.8 Å². The second-order valence-corrected chi connectivity index (χ2v) is 19.5. The van der Waals surface area contributed by atoms with Crippen molar-refractivity contribution in [1.82, 2.24) is 14.5 Å². The number of aryl methyl sites for hydroxylation is 1. The smallest absolute Gasteiger partial charge is 0.262 e. The van der Waals surface area contributed by atoms with Crippen LogP contribution < -0.4 is 14.4 Å². The van der Waals surface area contributed by atoms with E-state index in [2.05, 4.69) is 51.3 Å². The number of carbonyl (C=O) groups excluding carboxylic acids is 1. The number of rotatable bonds is 4. The molecule has 1 saturated carbocycles. The lowest BCUT2D eigenvalue weighted by molar-refractivity contribution is -0.109. The summed E-state index contributed by atoms with van der Waals surface area (Å²) in [7, 11) is -2.94. The molecule has 3 heterocycles. The van der Waals surface area contributed by atoms with E-state index in [4.69, 9.17) is 16.3 Å². The molecule has 8 nitrogen and oxygen atoms in total. The van der Waals surface area contributed by atoms with E-state index in [1.54, 1.807) is 6.07 Å². The Labute approximate surface area is 311 Å². The molecule has 7 atom stereocenters. The Morgan fingerprint density at radius 3 is 2.57 bits per heavy atom. The van der Waals surface area contributed by atoms with Crippen LogP contribution in [0, 0.1) is 17.8 Å². The number of benzene rings is 2. The van der Waals surface area contributed by atoms with Gasteiger partial charge in [0, 0.05) is 67.1 Å². The number of amides is 1. The van der Waals surface area contributed by atoms with Crippen molar-refractivity contribution in [3.63, 3.8) is 0 Å². The van der Waals surface area contributed by atoms with Crippen LogP contribution >= 0.6 is 11.6 Å². The fourth-order valence-corrected chi connectivity index (χ4v) is 11.6. The molecule has 0 radical (unpaired) electrons. The van der Waals surface area contributed by atoms with Crippen LogP contribution in [0.5, 0.6) is 5.75 Å². The highest BCUT2D eigenvalue weighted by Crippen LogP contribution is 2.49. The fourth-order valence-electron chi connectivity index (χ4n) is 9.94. The van der Waals surface area contributed by atoms with Gasteiger partial charge in [-0.25, -0.2) is 4.21 Å². The van der Waals surface area contributed by atoms with Crippen LogP contribution in [0.1, 0.15) is 93.6 Å². The molecule has 2 aromatic carbocycles. The average Bonchev–Trinajstić information content (AvgIpc) is 3.23. The van der Waals surface area contributed by atoms with Crippen LogP contribution in [0.4, 0.5) is 5.69 Å². The van der Waals surface area contributed by atoms with Crippen molar-refractivity contribution in [3.05, 3.63) is 58.1 Å². The minimum Gasteiger partial charge on any atom is -0.490 e. The molecule has 1 amide bonds. The number of aliphatic hydroxyl groups is 1. The van der Waals surface area contributed by atoms with E-state index < -0.39 is 15.3 Å². The third-order valence-electron chi connectivity index (χ3n) is 13.3. The maximum Gasteiger partial charge on any atom is 0.262 e. The molecular formula is C41H59ClN4O4S. The summed E-state index contributed by atoms with van der Waals surface area (Å²) in [6.07, 6.45) is 8.69. The van der Waals surface area contributed by atoms with Gasteiger partial charge in [0.15, 0.2) is 0 Å². The zero-order chi connectivity index (χ0) is 36.0. The number of hydrogen-bond donors (Lipinski definition) is 2. The first-order valence-electron chi connectivity index (χ1n) is 19.6. The summed E-state index contributed by atoms with van der Waals surface area (Å²) in [5, 5.41) is 13.3. The summed E-state index contributed by atoms with van der Waals surface area (Å²) in [6, 6.07) is 12.0. The molecule has 2 aliphatic carbocycles. The molecule has 1 saturated heterocycles. The summed E-state index contributed by atoms with van der Waals surface area (Å²) >= 11 is 6.50. The minimum absolute atomic E-state index is 0.0719. The molecule has 5 aliphatic rings. The van der Waals surface area contributed by atoms with E-state index in [0.29, 0.717) is 31.1 Å². The van der Waals surface area contributed by atoms with Crippen LogP contribution in [-0.2, 0) is 21.5 Å². The van der Waals surface area contributed by atoms with E-state index in [1.807, 2.05) is 25.1 Å². The first-order chi connectivity index (χ1) is 24.4.